The van der Waals surface area contributed by atoms with Crippen LogP contribution in [-0.2, 0) is 26.3 Å². The molecule has 7 heteroatoms. The maximum atomic E-state index is 4.80. The summed E-state index contributed by atoms with van der Waals surface area (Å²) in [7, 11) is 1.88. The third kappa shape index (κ3) is 3.35. The van der Waals surface area contributed by atoms with Crippen LogP contribution >= 0.6 is 0 Å². The van der Waals surface area contributed by atoms with Crippen molar-refractivity contribution in [3.05, 3.63) is 47.7 Å². The number of aryl methyl sites for hydroxylation is 2. The Morgan fingerprint density at radius 3 is 2.96 bits per heavy atom. The number of hydrogen-bond donors (Lipinski definition) is 1. The van der Waals surface area contributed by atoms with Gasteiger partial charge in [-0.1, -0.05) is 5.21 Å². The summed E-state index contributed by atoms with van der Waals surface area (Å²) in [5.41, 5.74) is 4.32. The Bertz CT molecular complexity index is 872. The Morgan fingerprint density at radius 1 is 1.28 bits per heavy atom. The lowest BCUT2D eigenvalue weighted by Crippen LogP contribution is -2.21. The zero-order chi connectivity index (χ0) is 17.2. The molecule has 3 heterocycles. The number of pyridine rings is 1. The molecule has 0 unspecified atom stereocenters. The minimum absolute atomic E-state index is 0.207. The predicted molar refractivity (Wildman–Crippen MR) is 95.1 cm³/mol. The molecule has 0 aromatic carbocycles. The largest absolute Gasteiger partial charge is 0.367 e. The zero-order valence-electron chi connectivity index (χ0n) is 14.5. The van der Waals surface area contributed by atoms with Gasteiger partial charge in [0.2, 0.25) is 0 Å². The van der Waals surface area contributed by atoms with Gasteiger partial charge < -0.3 is 5.32 Å². The lowest BCUT2D eigenvalue weighted by molar-refractivity contribution is 0.709. The number of hydrogen-bond acceptors (Lipinski definition) is 6. The molecule has 1 aliphatic rings. The van der Waals surface area contributed by atoms with Crippen molar-refractivity contribution in [1.29, 1.82) is 0 Å². The second-order valence-corrected chi connectivity index (χ2v) is 6.55. The van der Waals surface area contributed by atoms with Crippen LogP contribution in [0.5, 0.6) is 0 Å². The second kappa shape index (κ2) is 6.58. The van der Waals surface area contributed by atoms with Crippen LogP contribution in [0.25, 0.3) is 11.4 Å². The van der Waals surface area contributed by atoms with Crippen LogP contribution in [0.15, 0.2) is 30.7 Å². The number of nitrogens with zero attached hydrogens (tertiary/aromatic N) is 6. The van der Waals surface area contributed by atoms with Gasteiger partial charge in [-0.3, -0.25) is 9.67 Å². The smallest absolute Gasteiger partial charge is 0.163 e. The summed E-state index contributed by atoms with van der Waals surface area (Å²) in [5.74, 6) is 1.68. The van der Waals surface area contributed by atoms with Crippen LogP contribution in [0.4, 0.5) is 5.82 Å². The van der Waals surface area contributed by atoms with Crippen LogP contribution in [0.2, 0.25) is 0 Å². The molecule has 3 aromatic rings. The molecule has 1 N–H and O–H groups in total. The normalized spacial score (nSPS) is 14.3. The fraction of sp³-hybridized carbons (Fsp3) is 0.389. The van der Waals surface area contributed by atoms with Crippen molar-refractivity contribution >= 4 is 5.82 Å². The quantitative estimate of drug-likeness (QED) is 0.770. The Hall–Kier alpha value is -2.83. The molecule has 1 aliphatic carbocycles. The third-order valence-corrected chi connectivity index (χ3v) is 4.40. The fourth-order valence-electron chi connectivity index (χ4n) is 3.26. The summed E-state index contributed by atoms with van der Waals surface area (Å²) in [6, 6.07) is 4.12. The van der Waals surface area contributed by atoms with Crippen molar-refractivity contribution in [3.63, 3.8) is 0 Å². The number of rotatable bonds is 5. The van der Waals surface area contributed by atoms with Crippen molar-refractivity contribution in [2.75, 3.05) is 5.32 Å². The summed E-state index contributed by atoms with van der Waals surface area (Å²) in [5, 5.41) is 11.7. The summed E-state index contributed by atoms with van der Waals surface area (Å²) < 4.78 is 1.73. The van der Waals surface area contributed by atoms with Gasteiger partial charge in [-0.25, -0.2) is 9.97 Å². The molecule has 0 fully saturated rings. The van der Waals surface area contributed by atoms with Crippen molar-refractivity contribution < 1.29 is 0 Å². The second-order valence-electron chi connectivity index (χ2n) is 6.55. The Labute approximate surface area is 146 Å². The number of nitrogens with one attached hydrogen (secondary N) is 1. The van der Waals surface area contributed by atoms with E-state index in [4.69, 9.17) is 9.97 Å². The lowest BCUT2D eigenvalue weighted by atomic mass is 10.1. The van der Waals surface area contributed by atoms with E-state index in [1.54, 1.807) is 10.9 Å². The fourth-order valence-corrected chi connectivity index (χ4v) is 3.26. The molecule has 7 nitrogen and oxygen atoms in total. The van der Waals surface area contributed by atoms with E-state index < -0.39 is 0 Å². The highest BCUT2D eigenvalue weighted by molar-refractivity contribution is 5.60. The van der Waals surface area contributed by atoms with E-state index in [9.17, 15) is 0 Å². The van der Waals surface area contributed by atoms with Gasteiger partial charge in [0.1, 0.15) is 5.82 Å². The molecule has 3 aromatic heterocycles. The van der Waals surface area contributed by atoms with E-state index in [2.05, 4.69) is 27.5 Å². The molecule has 0 aliphatic heterocycles. The van der Waals surface area contributed by atoms with Crippen LogP contribution < -0.4 is 5.32 Å². The number of anilines is 1. The molecule has 0 saturated heterocycles. The summed E-state index contributed by atoms with van der Waals surface area (Å²) in [6.45, 7) is 2.14. The molecule has 0 saturated carbocycles. The summed E-state index contributed by atoms with van der Waals surface area (Å²) in [4.78, 5) is 13.7. The van der Waals surface area contributed by atoms with E-state index in [-0.39, 0.29) is 6.04 Å². The first-order valence-corrected chi connectivity index (χ1v) is 8.61. The topological polar surface area (TPSA) is 81.4 Å². The van der Waals surface area contributed by atoms with Gasteiger partial charge in [-0.15, -0.1) is 5.10 Å². The molecule has 128 valence electrons. The maximum absolute atomic E-state index is 4.80. The van der Waals surface area contributed by atoms with E-state index in [1.807, 2.05) is 31.6 Å². The third-order valence-electron chi connectivity index (χ3n) is 4.40. The van der Waals surface area contributed by atoms with Crippen LogP contribution in [0, 0.1) is 0 Å². The maximum Gasteiger partial charge on any atom is 0.163 e. The predicted octanol–water partition coefficient (Wildman–Crippen LogP) is 2.20. The number of aromatic nitrogens is 6. The average Bonchev–Trinajstić information content (AvgIpc) is 3.24. The number of fused-ring (bicyclic) bond motifs is 1. The van der Waals surface area contributed by atoms with Crippen LogP contribution in [-0.4, -0.2) is 36.0 Å². The van der Waals surface area contributed by atoms with E-state index in [1.165, 1.54) is 5.56 Å². The molecule has 4 rings (SSSR count). The van der Waals surface area contributed by atoms with Crippen LogP contribution in [0.1, 0.15) is 30.3 Å². The molecule has 25 heavy (non-hydrogen) atoms. The van der Waals surface area contributed by atoms with Gasteiger partial charge in [0, 0.05) is 54.9 Å². The Morgan fingerprint density at radius 2 is 2.20 bits per heavy atom. The lowest BCUT2D eigenvalue weighted by Gasteiger charge is -2.17. The van der Waals surface area contributed by atoms with E-state index >= 15 is 0 Å². The first-order valence-electron chi connectivity index (χ1n) is 8.61. The molecule has 1 atom stereocenters. The van der Waals surface area contributed by atoms with Crippen molar-refractivity contribution in [1.82, 2.24) is 29.9 Å². The van der Waals surface area contributed by atoms with Gasteiger partial charge in [0.15, 0.2) is 5.82 Å². The standard InChI is InChI=1S/C18H21N7/c1-12(9-14-11-25(2)24-23-14)20-18-15-6-3-7-16(15)21-17(22-18)13-5-4-8-19-10-13/h4-5,8,10-12H,3,6-7,9H2,1-2H3,(H,20,21,22)/t12-/m1/s1. The highest BCUT2D eigenvalue weighted by atomic mass is 15.4. The molecule has 0 bridgehead atoms. The summed E-state index contributed by atoms with van der Waals surface area (Å²) >= 11 is 0. The van der Waals surface area contributed by atoms with Gasteiger partial charge in [0.25, 0.3) is 0 Å². The molecule has 0 spiro atoms. The average molecular weight is 335 g/mol. The van der Waals surface area contributed by atoms with Crippen molar-refractivity contribution in [2.24, 2.45) is 7.05 Å². The monoisotopic (exact) mass is 335 g/mol. The zero-order valence-corrected chi connectivity index (χ0v) is 14.5. The van der Waals surface area contributed by atoms with Crippen molar-refractivity contribution in [2.45, 2.75) is 38.6 Å². The van der Waals surface area contributed by atoms with Gasteiger partial charge in [-0.2, -0.15) is 0 Å². The van der Waals surface area contributed by atoms with E-state index in [0.29, 0.717) is 0 Å². The minimum Gasteiger partial charge on any atom is -0.367 e. The Balaban J connectivity index is 1.61. The first kappa shape index (κ1) is 15.7. The van der Waals surface area contributed by atoms with Crippen LogP contribution in [0.3, 0.4) is 0 Å². The highest BCUT2D eigenvalue weighted by Crippen LogP contribution is 2.29. The van der Waals surface area contributed by atoms with Gasteiger partial charge in [0.05, 0.1) is 5.69 Å². The van der Waals surface area contributed by atoms with Gasteiger partial charge in [-0.05, 0) is 38.3 Å². The SMILES string of the molecule is C[C@H](Cc1cn(C)nn1)Nc1nc(-c2cccnc2)nc2c1CCC2. The highest BCUT2D eigenvalue weighted by Gasteiger charge is 2.21. The first-order chi connectivity index (χ1) is 12.2. The molecule has 0 amide bonds. The molecular formula is C18H21N7. The van der Waals surface area contributed by atoms with E-state index in [0.717, 1.165) is 54.3 Å². The Kier molecular flexibility index (Phi) is 4.13. The summed E-state index contributed by atoms with van der Waals surface area (Å²) in [6.07, 6.45) is 9.50. The molecular weight excluding hydrogens is 314 g/mol. The van der Waals surface area contributed by atoms with Crippen molar-refractivity contribution in [3.8, 4) is 11.4 Å². The minimum atomic E-state index is 0.207. The van der Waals surface area contributed by atoms with Gasteiger partial charge >= 0.3 is 0 Å². The molecule has 0 radical (unpaired) electrons.